The lowest BCUT2D eigenvalue weighted by Gasteiger charge is -2.29. The van der Waals surface area contributed by atoms with Crippen LogP contribution in [0, 0.1) is 23.4 Å². The van der Waals surface area contributed by atoms with Gasteiger partial charge in [-0.1, -0.05) is 54.6 Å². The largest absolute Gasteiger partial charge is 0.491 e. The molecule has 0 radical (unpaired) electrons. The number of allylic oxidation sites excluding steroid dienone is 1. The third-order valence-electron chi connectivity index (χ3n) is 7.14. The maximum Gasteiger partial charge on any atom is 0.166 e. The molecule has 0 amide bonds. The Morgan fingerprint density at radius 3 is 2.29 bits per heavy atom. The molecular weight excluding hydrogens is 445 g/mol. The molecule has 35 heavy (non-hydrogen) atoms. The number of hydrogen-bond acceptors (Lipinski definition) is 1. The van der Waals surface area contributed by atoms with Gasteiger partial charge in [-0.2, -0.15) is 0 Å². The van der Waals surface area contributed by atoms with Crippen molar-refractivity contribution < 1.29 is 17.9 Å². The Kier molecular flexibility index (Phi) is 8.33. The van der Waals surface area contributed by atoms with E-state index in [-0.39, 0.29) is 5.82 Å². The molecule has 3 aromatic rings. The van der Waals surface area contributed by atoms with Crippen molar-refractivity contribution in [1.29, 1.82) is 0 Å². The topological polar surface area (TPSA) is 9.23 Å². The first-order valence-electron chi connectivity index (χ1n) is 12.6. The van der Waals surface area contributed by atoms with Crippen LogP contribution in [0.3, 0.4) is 0 Å². The van der Waals surface area contributed by atoms with Gasteiger partial charge in [-0.3, -0.25) is 0 Å². The Hall–Kier alpha value is -3.01. The van der Waals surface area contributed by atoms with Crippen LogP contribution in [0.15, 0.2) is 60.7 Å². The van der Waals surface area contributed by atoms with Gasteiger partial charge in [0.05, 0.1) is 6.61 Å². The van der Waals surface area contributed by atoms with E-state index in [0.29, 0.717) is 47.3 Å². The molecule has 4 rings (SSSR count). The van der Waals surface area contributed by atoms with Crippen LogP contribution in [0.5, 0.6) is 5.75 Å². The lowest BCUT2D eigenvalue weighted by molar-refractivity contribution is 0.306. The fourth-order valence-electron chi connectivity index (χ4n) is 5.16. The van der Waals surface area contributed by atoms with E-state index in [2.05, 4.69) is 0 Å². The molecule has 0 saturated heterocycles. The smallest absolute Gasteiger partial charge is 0.166 e. The molecule has 3 aromatic carbocycles. The first-order valence-corrected chi connectivity index (χ1v) is 12.6. The monoisotopic (exact) mass is 478 g/mol. The van der Waals surface area contributed by atoms with Crippen LogP contribution in [0.25, 0.3) is 17.2 Å². The summed E-state index contributed by atoms with van der Waals surface area (Å²) in [7, 11) is 0. The van der Waals surface area contributed by atoms with E-state index in [1.807, 2.05) is 56.3 Å². The van der Waals surface area contributed by atoms with Gasteiger partial charge >= 0.3 is 0 Å². The molecule has 0 N–H and O–H groups in total. The molecule has 1 aliphatic carbocycles. The fourth-order valence-corrected chi connectivity index (χ4v) is 5.16. The lowest BCUT2D eigenvalue weighted by Crippen LogP contribution is -2.14. The van der Waals surface area contributed by atoms with Gasteiger partial charge in [-0.05, 0) is 98.6 Å². The Morgan fingerprint density at radius 1 is 0.886 bits per heavy atom. The summed E-state index contributed by atoms with van der Waals surface area (Å²) in [4.78, 5) is 0. The van der Waals surface area contributed by atoms with Crippen LogP contribution in [0.4, 0.5) is 13.2 Å². The highest BCUT2D eigenvalue weighted by molar-refractivity contribution is 5.66. The molecule has 184 valence electrons. The molecule has 0 atom stereocenters. The van der Waals surface area contributed by atoms with E-state index < -0.39 is 11.6 Å². The highest BCUT2D eigenvalue weighted by Gasteiger charge is 2.24. The molecule has 0 aliphatic heterocycles. The van der Waals surface area contributed by atoms with Crippen molar-refractivity contribution in [3.8, 4) is 16.9 Å². The normalized spacial score (nSPS) is 18.2. The average molecular weight is 479 g/mol. The minimum atomic E-state index is -0.775. The highest BCUT2D eigenvalue weighted by Crippen LogP contribution is 2.39. The molecule has 1 nitrogen and oxygen atoms in total. The maximum atomic E-state index is 14.9. The lowest BCUT2D eigenvalue weighted by atomic mass is 9.77. The zero-order valence-corrected chi connectivity index (χ0v) is 20.5. The summed E-state index contributed by atoms with van der Waals surface area (Å²) in [6.07, 6.45) is 9.26. The van der Waals surface area contributed by atoms with E-state index in [9.17, 15) is 13.2 Å². The molecule has 0 aromatic heterocycles. The van der Waals surface area contributed by atoms with Crippen LogP contribution in [-0.2, 0) is 6.42 Å². The minimum Gasteiger partial charge on any atom is -0.491 e. The van der Waals surface area contributed by atoms with Crippen LogP contribution < -0.4 is 4.74 Å². The van der Waals surface area contributed by atoms with Gasteiger partial charge in [0.25, 0.3) is 0 Å². The van der Waals surface area contributed by atoms with Crippen LogP contribution in [0.1, 0.15) is 68.6 Å². The summed E-state index contributed by atoms with van der Waals surface area (Å²) >= 11 is 0. The Balaban J connectivity index is 1.34. The number of benzene rings is 3. The number of halogens is 3. The summed E-state index contributed by atoms with van der Waals surface area (Å²) in [5, 5.41) is 0. The number of aryl methyl sites for hydroxylation is 1. The average Bonchev–Trinajstić information content (AvgIpc) is 2.87. The zero-order chi connectivity index (χ0) is 24.8. The van der Waals surface area contributed by atoms with E-state index in [0.717, 1.165) is 43.2 Å². The summed E-state index contributed by atoms with van der Waals surface area (Å²) < 4.78 is 49.3. The van der Waals surface area contributed by atoms with E-state index in [1.165, 1.54) is 0 Å². The first-order chi connectivity index (χ1) is 17.0. The summed E-state index contributed by atoms with van der Waals surface area (Å²) in [6.45, 7) is 4.22. The van der Waals surface area contributed by atoms with E-state index >= 15 is 0 Å². The van der Waals surface area contributed by atoms with Gasteiger partial charge in [-0.15, -0.1) is 0 Å². The maximum absolute atomic E-state index is 14.9. The number of ether oxygens (including phenoxy) is 1. The molecule has 1 fully saturated rings. The van der Waals surface area contributed by atoms with Gasteiger partial charge in [0.2, 0.25) is 0 Å². The van der Waals surface area contributed by atoms with Gasteiger partial charge in [0.1, 0.15) is 0 Å². The van der Waals surface area contributed by atoms with Crippen molar-refractivity contribution in [2.75, 3.05) is 6.61 Å². The van der Waals surface area contributed by atoms with Gasteiger partial charge in [-0.25, -0.2) is 13.2 Å². The zero-order valence-electron chi connectivity index (χ0n) is 20.5. The van der Waals surface area contributed by atoms with Gasteiger partial charge in [0.15, 0.2) is 23.2 Å². The van der Waals surface area contributed by atoms with Crippen LogP contribution >= 0.6 is 0 Å². The molecule has 1 saturated carbocycles. The quantitative estimate of drug-likeness (QED) is 0.314. The third kappa shape index (κ3) is 5.98. The van der Waals surface area contributed by atoms with Crippen molar-refractivity contribution in [3.05, 3.63) is 94.8 Å². The minimum absolute atomic E-state index is 0.293. The molecule has 0 heterocycles. The predicted molar refractivity (Wildman–Crippen MR) is 137 cm³/mol. The Bertz CT molecular complexity index is 1160. The molecule has 4 heteroatoms. The van der Waals surface area contributed by atoms with E-state index in [4.69, 9.17) is 4.74 Å². The molecule has 1 aliphatic rings. The van der Waals surface area contributed by atoms with Crippen molar-refractivity contribution in [3.63, 3.8) is 0 Å². The van der Waals surface area contributed by atoms with Crippen molar-refractivity contribution >= 4 is 6.08 Å². The standard InChI is InChI=1S/C31H33F3O/c1-3-5-21-8-13-24(14-9-21)27-18-16-25(30(33)31(27)34)15-10-22-6-11-23(12-7-22)26-17-19-29(35-4-2)28(32)20-26/h3,5,8-9,13-14,16-20,22-23H,4,6-7,10-12,15H2,1-2H3. The van der Waals surface area contributed by atoms with Crippen molar-refractivity contribution in [2.45, 2.75) is 58.3 Å². The second-order valence-corrected chi connectivity index (χ2v) is 9.40. The SMILES string of the molecule is CC=Cc1ccc(-c2ccc(CCC3CCC(c4ccc(OCC)c(F)c4)CC3)c(F)c2F)cc1. The highest BCUT2D eigenvalue weighted by atomic mass is 19.2. The van der Waals surface area contributed by atoms with Gasteiger partial charge in [0, 0.05) is 5.56 Å². The predicted octanol–water partition coefficient (Wildman–Crippen LogP) is 9.11. The Morgan fingerprint density at radius 2 is 1.63 bits per heavy atom. The molecule has 0 spiro atoms. The summed E-state index contributed by atoms with van der Waals surface area (Å²) in [5.74, 6) is -0.706. The third-order valence-corrected chi connectivity index (χ3v) is 7.14. The van der Waals surface area contributed by atoms with Crippen molar-refractivity contribution in [1.82, 2.24) is 0 Å². The molecule has 0 unspecified atom stereocenters. The fraction of sp³-hybridized carbons (Fsp3) is 0.355. The number of hydrogen-bond donors (Lipinski definition) is 0. The van der Waals surface area contributed by atoms with Crippen molar-refractivity contribution in [2.24, 2.45) is 5.92 Å². The summed E-state index contributed by atoms with van der Waals surface area (Å²) in [5.41, 5.74) is 3.45. The van der Waals surface area contributed by atoms with E-state index in [1.54, 1.807) is 24.3 Å². The Labute approximate surface area is 206 Å². The first kappa shape index (κ1) is 25.1. The van der Waals surface area contributed by atoms with Crippen LogP contribution in [0.2, 0.25) is 0 Å². The molecular formula is C31H33F3O. The molecule has 0 bridgehead atoms. The van der Waals surface area contributed by atoms with Gasteiger partial charge < -0.3 is 4.74 Å². The summed E-state index contributed by atoms with van der Waals surface area (Å²) in [6, 6.07) is 16.1. The second kappa shape index (κ2) is 11.6. The number of rotatable bonds is 8. The van der Waals surface area contributed by atoms with Crippen LogP contribution in [-0.4, -0.2) is 6.61 Å². The second-order valence-electron chi connectivity index (χ2n) is 9.40.